The maximum atomic E-state index is 11.9. The number of hydrogen-bond acceptors (Lipinski definition) is 5. The van der Waals surface area contributed by atoms with Gasteiger partial charge in [-0.05, 0) is 31.2 Å². The highest BCUT2D eigenvalue weighted by Gasteiger charge is 2.11. The topological polar surface area (TPSA) is 62.2 Å². The number of hydrogen-bond donors (Lipinski definition) is 2. The molecule has 1 unspecified atom stereocenters. The van der Waals surface area contributed by atoms with Gasteiger partial charge in [-0.25, -0.2) is 4.98 Å². The summed E-state index contributed by atoms with van der Waals surface area (Å²) in [6.07, 6.45) is 1.81. The van der Waals surface area contributed by atoms with E-state index in [1.54, 1.807) is 22.7 Å². The smallest absolute Gasteiger partial charge is 0.226 e. The number of aliphatic hydroxyl groups is 1. The SMILES string of the molecule is CC(CCCO)NC(=O)Cc1csc(-c2cccs2)n1. The number of thiophene rings is 1. The first kappa shape index (κ1) is 15.2. The monoisotopic (exact) mass is 310 g/mol. The van der Waals surface area contributed by atoms with Gasteiger partial charge in [0.15, 0.2) is 0 Å². The Morgan fingerprint density at radius 3 is 3.05 bits per heavy atom. The first-order valence-corrected chi connectivity index (χ1v) is 8.33. The van der Waals surface area contributed by atoms with E-state index in [-0.39, 0.29) is 18.6 Å². The van der Waals surface area contributed by atoms with Crippen molar-refractivity contribution < 1.29 is 9.90 Å². The van der Waals surface area contributed by atoms with Crippen molar-refractivity contribution in [2.75, 3.05) is 6.61 Å². The first-order chi connectivity index (χ1) is 9.69. The van der Waals surface area contributed by atoms with Gasteiger partial charge in [-0.2, -0.15) is 0 Å². The minimum absolute atomic E-state index is 0.0153. The fourth-order valence-corrected chi connectivity index (χ4v) is 3.50. The lowest BCUT2D eigenvalue weighted by molar-refractivity contribution is -0.121. The molecule has 2 rings (SSSR count). The average Bonchev–Trinajstić information content (AvgIpc) is 3.06. The highest BCUT2D eigenvalue weighted by atomic mass is 32.1. The second-order valence-corrected chi connectivity index (χ2v) is 6.44. The van der Waals surface area contributed by atoms with Gasteiger partial charge in [0, 0.05) is 18.0 Å². The van der Waals surface area contributed by atoms with E-state index in [4.69, 9.17) is 5.11 Å². The summed E-state index contributed by atoms with van der Waals surface area (Å²) in [5, 5.41) is 16.6. The van der Waals surface area contributed by atoms with Gasteiger partial charge in [0.1, 0.15) is 5.01 Å². The Kier molecular flexibility index (Phi) is 5.70. The summed E-state index contributed by atoms with van der Waals surface area (Å²) in [7, 11) is 0. The van der Waals surface area contributed by atoms with Gasteiger partial charge in [-0.3, -0.25) is 4.79 Å². The van der Waals surface area contributed by atoms with Gasteiger partial charge in [-0.1, -0.05) is 6.07 Å². The number of aromatic nitrogens is 1. The van der Waals surface area contributed by atoms with Crippen molar-refractivity contribution in [3.63, 3.8) is 0 Å². The van der Waals surface area contributed by atoms with Crippen LogP contribution in [0.2, 0.25) is 0 Å². The van der Waals surface area contributed by atoms with Crippen molar-refractivity contribution in [3.05, 3.63) is 28.6 Å². The zero-order valence-corrected chi connectivity index (χ0v) is 13.0. The van der Waals surface area contributed by atoms with E-state index in [1.165, 1.54) is 0 Å². The standard InChI is InChI=1S/C14H18N2O2S2/c1-10(4-2-6-17)15-13(18)8-11-9-20-14(16-11)12-5-3-7-19-12/h3,5,7,9-10,17H,2,4,6,8H2,1H3,(H,15,18). The van der Waals surface area contributed by atoms with Gasteiger partial charge >= 0.3 is 0 Å². The van der Waals surface area contributed by atoms with E-state index in [0.717, 1.165) is 22.0 Å². The Balaban J connectivity index is 1.86. The third-order valence-electron chi connectivity index (χ3n) is 2.83. The summed E-state index contributed by atoms with van der Waals surface area (Å²) in [5.41, 5.74) is 0.810. The van der Waals surface area contributed by atoms with Crippen molar-refractivity contribution in [2.45, 2.75) is 32.2 Å². The zero-order valence-electron chi connectivity index (χ0n) is 11.3. The summed E-state index contributed by atoms with van der Waals surface area (Å²) >= 11 is 3.22. The molecule has 1 amide bonds. The normalized spacial score (nSPS) is 12.3. The quantitative estimate of drug-likeness (QED) is 0.826. The molecule has 0 radical (unpaired) electrons. The van der Waals surface area contributed by atoms with E-state index in [0.29, 0.717) is 12.8 Å². The van der Waals surface area contributed by atoms with Crippen molar-refractivity contribution in [3.8, 4) is 9.88 Å². The fraction of sp³-hybridized carbons (Fsp3) is 0.429. The Bertz CT molecular complexity index is 537. The lowest BCUT2D eigenvalue weighted by Crippen LogP contribution is -2.33. The summed E-state index contributed by atoms with van der Waals surface area (Å²) in [6, 6.07) is 4.12. The first-order valence-electron chi connectivity index (χ1n) is 6.57. The molecule has 0 saturated carbocycles. The van der Waals surface area contributed by atoms with Gasteiger partial charge in [0.2, 0.25) is 5.91 Å². The van der Waals surface area contributed by atoms with Crippen molar-refractivity contribution in [1.82, 2.24) is 10.3 Å². The fourth-order valence-electron chi connectivity index (χ4n) is 1.86. The number of nitrogens with one attached hydrogen (secondary N) is 1. The second kappa shape index (κ2) is 7.52. The molecule has 0 aliphatic heterocycles. The third-order valence-corrected chi connectivity index (χ3v) is 4.76. The van der Waals surface area contributed by atoms with E-state index >= 15 is 0 Å². The van der Waals surface area contributed by atoms with Gasteiger partial charge in [0.25, 0.3) is 0 Å². The minimum atomic E-state index is -0.0153. The summed E-state index contributed by atoms with van der Waals surface area (Å²) in [5.74, 6) is -0.0153. The number of aliphatic hydroxyl groups excluding tert-OH is 1. The molecule has 0 saturated heterocycles. The second-order valence-electron chi connectivity index (χ2n) is 4.63. The number of rotatable bonds is 7. The van der Waals surface area contributed by atoms with Crippen LogP contribution in [-0.4, -0.2) is 28.6 Å². The lowest BCUT2D eigenvalue weighted by atomic mass is 10.2. The van der Waals surface area contributed by atoms with E-state index < -0.39 is 0 Å². The van der Waals surface area contributed by atoms with Crippen molar-refractivity contribution in [1.29, 1.82) is 0 Å². The molecule has 108 valence electrons. The highest BCUT2D eigenvalue weighted by Crippen LogP contribution is 2.27. The van der Waals surface area contributed by atoms with Gasteiger partial charge in [-0.15, -0.1) is 22.7 Å². The van der Waals surface area contributed by atoms with Crippen LogP contribution in [0.4, 0.5) is 0 Å². The van der Waals surface area contributed by atoms with Gasteiger partial charge < -0.3 is 10.4 Å². The molecule has 1 atom stereocenters. The maximum Gasteiger partial charge on any atom is 0.226 e. The molecule has 0 aromatic carbocycles. The summed E-state index contributed by atoms with van der Waals surface area (Å²) in [6.45, 7) is 2.11. The predicted molar refractivity (Wildman–Crippen MR) is 83.1 cm³/mol. The van der Waals surface area contributed by atoms with Crippen LogP contribution in [-0.2, 0) is 11.2 Å². The number of carbonyl (C=O) groups excluding carboxylic acids is 1. The molecular weight excluding hydrogens is 292 g/mol. The Hall–Kier alpha value is -1.24. The molecule has 0 aliphatic rings. The minimum Gasteiger partial charge on any atom is -0.396 e. The van der Waals surface area contributed by atoms with Crippen LogP contribution in [0.15, 0.2) is 22.9 Å². The molecule has 0 spiro atoms. The molecular formula is C14H18N2O2S2. The number of thiazole rings is 1. The maximum absolute atomic E-state index is 11.9. The molecule has 4 nitrogen and oxygen atoms in total. The predicted octanol–water partition coefficient (Wildman–Crippen LogP) is 2.69. The molecule has 0 bridgehead atoms. The molecule has 2 heterocycles. The Morgan fingerprint density at radius 1 is 1.50 bits per heavy atom. The van der Waals surface area contributed by atoms with Crippen LogP contribution < -0.4 is 5.32 Å². The van der Waals surface area contributed by atoms with Crippen molar-refractivity contribution in [2.24, 2.45) is 0 Å². The van der Waals surface area contributed by atoms with E-state index in [1.807, 2.05) is 29.8 Å². The van der Waals surface area contributed by atoms with E-state index in [2.05, 4.69) is 10.3 Å². The average molecular weight is 310 g/mol. The molecule has 2 N–H and O–H groups in total. The van der Waals surface area contributed by atoms with Crippen LogP contribution in [0.25, 0.3) is 9.88 Å². The number of nitrogens with zero attached hydrogens (tertiary/aromatic N) is 1. The summed E-state index contributed by atoms with van der Waals surface area (Å²) in [4.78, 5) is 17.5. The van der Waals surface area contributed by atoms with Crippen LogP contribution in [0.1, 0.15) is 25.5 Å². The largest absolute Gasteiger partial charge is 0.396 e. The highest BCUT2D eigenvalue weighted by molar-refractivity contribution is 7.20. The van der Waals surface area contributed by atoms with Crippen molar-refractivity contribution >= 4 is 28.6 Å². The number of amides is 1. The Labute approximate surface area is 126 Å². The molecule has 20 heavy (non-hydrogen) atoms. The molecule has 0 aliphatic carbocycles. The van der Waals surface area contributed by atoms with Gasteiger partial charge in [0.05, 0.1) is 17.0 Å². The molecule has 0 fully saturated rings. The lowest BCUT2D eigenvalue weighted by Gasteiger charge is -2.12. The molecule has 2 aromatic heterocycles. The molecule has 6 heteroatoms. The van der Waals surface area contributed by atoms with Crippen LogP contribution in [0, 0.1) is 0 Å². The van der Waals surface area contributed by atoms with Crippen LogP contribution in [0.5, 0.6) is 0 Å². The van der Waals surface area contributed by atoms with E-state index in [9.17, 15) is 4.79 Å². The summed E-state index contributed by atoms with van der Waals surface area (Å²) < 4.78 is 0. The molecule has 2 aromatic rings. The third kappa shape index (κ3) is 4.40. The Morgan fingerprint density at radius 2 is 2.35 bits per heavy atom. The number of carbonyl (C=O) groups is 1. The van der Waals surface area contributed by atoms with Crippen LogP contribution in [0.3, 0.4) is 0 Å². The van der Waals surface area contributed by atoms with Crippen LogP contribution >= 0.6 is 22.7 Å². The zero-order chi connectivity index (χ0) is 14.4.